The Morgan fingerprint density at radius 1 is 1.17 bits per heavy atom. The van der Waals surface area contributed by atoms with Crippen molar-refractivity contribution in [1.82, 2.24) is 24.1 Å². The van der Waals surface area contributed by atoms with Gasteiger partial charge in [-0.3, -0.25) is 4.79 Å². The van der Waals surface area contributed by atoms with Gasteiger partial charge in [0.25, 0.3) is 11.3 Å². The van der Waals surface area contributed by atoms with Crippen molar-refractivity contribution < 1.29 is 0 Å². The first-order chi connectivity index (χ1) is 11.7. The van der Waals surface area contributed by atoms with Gasteiger partial charge in [0.1, 0.15) is 6.33 Å². The van der Waals surface area contributed by atoms with Crippen LogP contribution in [-0.4, -0.2) is 29.9 Å². The summed E-state index contributed by atoms with van der Waals surface area (Å²) in [5, 5.41) is 5.36. The normalized spacial score (nSPS) is 11.4. The van der Waals surface area contributed by atoms with E-state index >= 15 is 0 Å². The van der Waals surface area contributed by atoms with E-state index < -0.39 is 0 Å². The molecule has 24 heavy (non-hydrogen) atoms. The van der Waals surface area contributed by atoms with E-state index in [0.717, 1.165) is 5.56 Å². The second kappa shape index (κ2) is 5.92. The van der Waals surface area contributed by atoms with Crippen LogP contribution in [0.25, 0.3) is 27.9 Å². The van der Waals surface area contributed by atoms with Crippen LogP contribution in [0.3, 0.4) is 0 Å². The lowest BCUT2D eigenvalue weighted by atomic mass is 10.1. The Morgan fingerprint density at radius 2 is 1.96 bits per heavy atom. The average Bonchev–Trinajstić information content (AvgIpc) is 3.05. The van der Waals surface area contributed by atoms with Crippen LogP contribution in [0.1, 0.15) is 0 Å². The highest BCUT2D eigenvalue weighted by Crippen LogP contribution is 2.26. The topological polar surface area (TPSA) is 65.1 Å². The van der Waals surface area contributed by atoms with Crippen LogP contribution in [-0.2, 0) is 6.54 Å². The predicted molar refractivity (Wildman–Crippen MR) is 96.8 cm³/mol. The van der Waals surface area contributed by atoms with E-state index in [1.807, 2.05) is 18.2 Å². The van der Waals surface area contributed by atoms with Crippen molar-refractivity contribution >= 4 is 40.9 Å². The van der Waals surface area contributed by atoms with Crippen molar-refractivity contribution in [3.05, 3.63) is 58.2 Å². The lowest BCUT2D eigenvalue weighted by molar-refractivity contribution is 0.743. The molecule has 0 N–H and O–H groups in total. The zero-order chi connectivity index (χ0) is 16.7. The summed E-state index contributed by atoms with van der Waals surface area (Å²) in [6.45, 7) is 0.521. The van der Waals surface area contributed by atoms with E-state index in [0.29, 0.717) is 39.7 Å². The molecule has 0 bridgehead atoms. The molecule has 0 fully saturated rings. The standard InChI is InChI=1S/C16H12ClN5OS/c17-11-3-1-10(2-4-11)14-13-12(20-16-18-9-19-22(14)16)5-6-21(7-8-24)15(13)23/h1-6,9,24H,7-8H2. The molecule has 0 radical (unpaired) electrons. The van der Waals surface area contributed by atoms with Crippen molar-refractivity contribution in [2.75, 3.05) is 5.75 Å². The molecular formula is C16H12ClN5OS. The average molecular weight is 358 g/mol. The summed E-state index contributed by atoms with van der Waals surface area (Å²) in [4.78, 5) is 21.5. The highest BCUT2D eigenvalue weighted by molar-refractivity contribution is 7.80. The third-order valence-electron chi connectivity index (χ3n) is 3.80. The highest BCUT2D eigenvalue weighted by Gasteiger charge is 2.16. The first kappa shape index (κ1) is 15.2. The minimum atomic E-state index is -0.128. The third-order valence-corrected chi connectivity index (χ3v) is 4.25. The molecule has 0 spiro atoms. The molecule has 0 saturated heterocycles. The first-order valence-corrected chi connectivity index (χ1v) is 8.30. The van der Waals surface area contributed by atoms with Crippen LogP contribution < -0.4 is 5.56 Å². The van der Waals surface area contributed by atoms with Crippen LogP contribution in [0.15, 0.2) is 47.7 Å². The van der Waals surface area contributed by atoms with Crippen molar-refractivity contribution in [3.8, 4) is 11.3 Å². The molecule has 0 aliphatic carbocycles. The third kappa shape index (κ3) is 2.37. The number of thiol groups is 1. The number of nitrogens with zero attached hydrogens (tertiary/aromatic N) is 5. The van der Waals surface area contributed by atoms with E-state index in [1.165, 1.54) is 6.33 Å². The largest absolute Gasteiger partial charge is 0.314 e. The van der Waals surface area contributed by atoms with Gasteiger partial charge in [0.15, 0.2) is 0 Å². The molecule has 1 aromatic carbocycles. The number of fused-ring (bicyclic) bond motifs is 2. The maximum absolute atomic E-state index is 12.9. The summed E-state index contributed by atoms with van der Waals surface area (Å²) in [5.41, 5.74) is 1.93. The fourth-order valence-electron chi connectivity index (χ4n) is 2.72. The Hall–Kier alpha value is -2.38. The van der Waals surface area contributed by atoms with Gasteiger partial charge in [-0.2, -0.15) is 27.2 Å². The lowest BCUT2D eigenvalue weighted by Crippen LogP contribution is -2.22. The quantitative estimate of drug-likeness (QED) is 0.572. The summed E-state index contributed by atoms with van der Waals surface area (Å²) in [7, 11) is 0. The molecule has 3 heterocycles. The van der Waals surface area contributed by atoms with Crippen LogP contribution >= 0.6 is 24.2 Å². The predicted octanol–water partition coefficient (Wildman–Crippen LogP) is 2.69. The number of rotatable bonds is 3. The fourth-order valence-corrected chi connectivity index (χ4v) is 3.06. The minimum Gasteiger partial charge on any atom is -0.314 e. The van der Waals surface area contributed by atoms with Gasteiger partial charge >= 0.3 is 0 Å². The van der Waals surface area contributed by atoms with Gasteiger partial charge in [-0.15, -0.1) is 0 Å². The van der Waals surface area contributed by atoms with Gasteiger partial charge in [-0.05, 0) is 18.2 Å². The van der Waals surface area contributed by atoms with Crippen molar-refractivity contribution in [2.24, 2.45) is 0 Å². The van der Waals surface area contributed by atoms with Crippen LogP contribution in [0, 0.1) is 0 Å². The molecule has 8 heteroatoms. The SMILES string of the molecule is O=c1c2c(-c3ccc(Cl)cc3)n3ncnc3nc2ccn1CCS. The Balaban J connectivity index is 2.16. The van der Waals surface area contributed by atoms with Gasteiger partial charge in [0, 0.05) is 29.1 Å². The highest BCUT2D eigenvalue weighted by atomic mass is 35.5. The smallest absolute Gasteiger partial charge is 0.262 e. The van der Waals surface area contributed by atoms with E-state index in [1.54, 1.807) is 27.4 Å². The Labute approximate surface area is 147 Å². The lowest BCUT2D eigenvalue weighted by Gasteiger charge is -2.11. The van der Waals surface area contributed by atoms with Crippen molar-refractivity contribution in [3.63, 3.8) is 0 Å². The summed E-state index contributed by atoms with van der Waals surface area (Å²) < 4.78 is 3.21. The van der Waals surface area contributed by atoms with Gasteiger partial charge < -0.3 is 4.57 Å². The van der Waals surface area contributed by atoms with Gasteiger partial charge in [0.2, 0.25) is 0 Å². The summed E-state index contributed by atoms with van der Waals surface area (Å²) in [6, 6.07) is 9.08. The zero-order valence-electron chi connectivity index (χ0n) is 12.4. The number of aromatic nitrogens is 5. The van der Waals surface area contributed by atoms with Crippen molar-refractivity contribution in [1.29, 1.82) is 0 Å². The number of pyridine rings is 1. The molecule has 0 atom stereocenters. The molecule has 120 valence electrons. The Kier molecular flexibility index (Phi) is 3.74. The van der Waals surface area contributed by atoms with Gasteiger partial charge in [-0.1, -0.05) is 23.7 Å². The molecule has 6 nitrogen and oxygen atoms in total. The van der Waals surface area contributed by atoms with Crippen molar-refractivity contribution in [2.45, 2.75) is 6.54 Å². The maximum atomic E-state index is 12.9. The molecule has 3 aromatic heterocycles. The summed E-state index contributed by atoms with van der Waals surface area (Å²) in [5.74, 6) is 1.01. The molecule has 4 rings (SSSR count). The number of hydrogen-bond acceptors (Lipinski definition) is 5. The van der Waals surface area contributed by atoms with Crippen LogP contribution in [0.4, 0.5) is 0 Å². The molecule has 0 unspecified atom stereocenters. The van der Waals surface area contributed by atoms with E-state index in [-0.39, 0.29) is 5.56 Å². The number of aryl methyl sites for hydroxylation is 1. The Morgan fingerprint density at radius 3 is 2.71 bits per heavy atom. The molecule has 0 aliphatic heterocycles. The van der Waals surface area contributed by atoms with Crippen LogP contribution in [0.2, 0.25) is 5.02 Å². The number of hydrogen-bond donors (Lipinski definition) is 1. The van der Waals surface area contributed by atoms with Gasteiger partial charge in [0.05, 0.1) is 16.6 Å². The number of halogens is 1. The van der Waals surface area contributed by atoms with E-state index in [2.05, 4.69) is 27.7 Å². The fraction of sp³-hybridized carbons (Fsp3) is 0.125. The van der Waals surface area contributed by atoms with Crippen LogP contribution in [0.5, 0.6) is 0 Å². The molecule has 0 saturated carbocycles. The molecule has 4 aromatic rings. The molecule has 0 aliphatic rings. The zero-order valence-corrected chi connectivity index (χ0v) is 14.1. The Bertz CT molecular complexity index is 1100. The number of benzene rings is 1. The molecule has 0 amide bonds. The minimum absolute atomic E-state index is 0.128. The second-order valence-electron chi connectivity index (χ2n) is 5.24. The second-order valence-corrected chi connectivity index (χ2v) is 6.12. The monoisotopic (exact) mass is 357 g/mol. The van der Waals surface area contributed by atoms with E-state index in [4.69, 9.17) is 11.6 Å². The maximum Gasteiger partial charge on any atom is 0.262 e. The van der Waals surface area contributed by atoms with Gasteiger partial charge in [-0.25, -0.2) is 4.98 Å². The molecular weight excluding hydrogens is 346 g/mol. The summed E-state index contributed by atoms with van der Waals surface area (Å²) >= 11 is 10.2. The summed E-state index contributed by atoms with van der Waals surface area (Å²) in [6.07, 6.45) is 3.15. The first-order valence-electron chi connectivity index (χ1n) is 7.29. The van der Waals surface area contributed by atoms with E-state index in [9.17, 15) is 4.79 Å².